The molecular formula is C18H20N2O3S2. The molecule has 1 aromatic carbocycles. The molecule has 0 radical (unpaired) electrons. The first kappa shape index (κ1) is 17.7. The molecule has 1 aliphatic rings. The van der Waals surface area contributed by atoms with Crippen molar-refractivity contribution in [2.75, 3.05) is 17.5 Å². The molecule has 1 amide bonds. The summed E-state index contributed by atoms with van der Waals surface area (Å²) >= 11 is 1.65. The molecule has 0 saturated carbocycles. The summed E-state index contributed by atoms with van der Waals surface area (Å²) in [5, 5.41) is 4.14. The number of carbonyl (C=O) groups is 1. The van der Waals surface area contributed by atoms with E-state index in [0.29, 0.717) is 5.69 Å². The number of nitrogens with one attached hydrogen (secondary N) is 1. The Bertz CT molecular complexity index is 856. The van der Waals surface area contributed by atoms with Crippen molar-refractivity contribution in [3.05, 3.63) is 58.3 Å². The van der Waals surface area contributed by atoms with Gasteiger partial charge in [0.1, 0.15) is 0 Å². The van der Waals surface area contributed by atoms with Crippen molar-refractivity contribution in [1.29, 1.82) is 0 Å². The highest BCUT2D eigenvalue weighted by atomic mass is 32.2. The zero-order chi connectivity index (χ0) is 17.9. The van der Waals surface area contributed by atoms with Crippen molar-refractivity contribution >= 4 is 39.0 Å². The van der Waals surface area contributed by atoms with E-state index in [2.05, 4.69) is 16.2 Å². The summed E-state index contributed by atoms with van der Waals surface area (Å²) in [4.78, 5) is 14.4. The Hall–Kier alpha value is -2.12. The van der Waals surface area contributed by atoms with Gasteiger partial charge in [-0.05, 0) is 59.0 Å². The third-order valence-corrected chi connectivity index (χ3v) is 5.40. The molecule has 0 bridgehead atoms. The SMILES string of the molecule is CS(=O)(=O)Nc1ccc(C=CC(=O)N2CCCC2c2ccsc2)cc1. The number of likely N-dealkylation sites (tertiary alicyclic amines) is 1. The summed E-state index contributed by atoms with van der Waals surface area (Å²) < 4.78 is 24.8. The number of thiophene rings is 1. The van der Waals surface area contributed by atoms with Crippen molar-refractivity contribution < 1.29 is 13.2 Å². The smallest absolute Gasteiger partial charge is 0.247 e. The molecule has 1 aliphatic heterocycles. The predicted octanol–water partition coefficient (Wildman–Crippen LogP) is 3.50. The molecule has 2 aromatic rings. The average molecular weight is 377 g/mol. The van der Waals surface area contributed by atoms with Gasteiger partial charge >= 0.3 is 0 Å². The molecule has 1 N–H and O–H groups in total. The van der Waals surface area contributed by atoms with Crippen LogP contribution in [0.25, 0.3) is 6.08 Å². The lowest BCUT2D eigenvalue weighted by Crippen LogP contribution is -2.28. The van der Waals surface area contributed by atoms with Crippen molar-refractivity contribution in [3.63, 3.8) is 0 Å². The highest BCUT2D eigenvalue weighted by Crippen LogP contribution is 2.33. The second kappa shape index (κ2) is 7.41. The molecule has 3 rings (SSSR count). The Kier molecular flexibility index (Phi) is 5.24. The van der Waals surface area contributed by atoms with Gasteiger partial charge in [-0.1, -0.05) is 12.1 Å². The minimum Gasteiger partial charge on any atom is -0.332 e. The maximum atomic E-state index is 12.5. The van der Waals surface area contributed by atoms with Gasteiger partial charge in [-0.25, -0.2) is 8.42 Å². The lowest BCUT2D eigenvalue weighted by atomic mass is 10.1. The van der Waals surface area contributed by atoms with Gasteiger partial charge < -0.3 is 4.90 Å². The van der Waals surface area contributed by atoms with E-state index in [4.69, 9.17) is 0 Å². The lowest BCUT2D eigenvalue weighted by Gasteiger charge is -2.22. The average Bonchev–Trinajstić information content (AvgIpc) is 3.23. The van der Waals surface area contributed by atoms with Crippen LogP contribution in [-0.2, 0) is 14.8 Å². The highest BCUT2D eigenvalue weighted by molar-refractivity contribution is 7.92. The van der Waals surface area contributed by atoms with Gasteiger partial charge in [-0.3, -0.25) is 9.52 Å². The van der Waals surface area contributed by atoms with Gasteiger partial charge in [0.15, 0.2) is 0 Å². The zero-order valence-corrected chi connectivity index (χ0v) is 15.5. The maximum absolute atomic E-state index is 12.5. The summed E-state index contributed by atoms with van der Waals surface area (Å²) in [7, 11) is -3.28. The summed E-state index contributed by atoms with van der Waals surface area (Å²) in [6.45, 7) is 0.779. The number of anilines is 1. The standard InChI is InChI=1S/C18H20N2O3S2/c1-25(22,23)19-16-7-4-14(5-8-16)6-9-18(21)20-11-2-3-17(20)15-10-12-24-13-15/h4-10,12-13,17,19H,2-3,11H2,1H3. The number of hydrogen-bond donors (Lipinski definition) is 1. The van der Waals surface area contributed by atoms with E-state index in [1.807, 2.05) is 10.3 Å². The quantitative estimate of drug-likeness (QED) is 0.812. The van der Waals surface area contributed by atoms with E-state index in [1.165, 1.54) is 5.56 Å². The van der Waals surface area contributed by atoms with Crippen LogP contribution in [0.15, 0.2) is 47.2 Å². The van der Waals surface area contributed by atoms with Crippen LogP contribution in [0, 0.1) is 0 Å². The van der Waals surface area contributed by atoms with E-state index in [0.717, 1.165) is 31.2 Å². The van der Waals surface area contributed by atoms with Gasteiger partial charge in [0.25, 0.3) is 0 Å². The summed E-state index contributed by atoms with van der Waals surface area (Å²) in [6.07, 6.45) is 6.48. The molecule has 1 saturated heterocycles. The fourth-order valence-corrected chi connectivity index (χ4v) is 4.25. The van der Waals surface area contributed by atoms with E-state index < -0.39 is 10.0 Å². The van der Waals surface area contributed by atoms with E-state index >= 15 is 0 Å². The fraction of sp³-hybridized carbons (Fsp3) is 0.278. The Morgan fingerprint density at radius 3 is 2.68 bits per heavy atom. The summed E-state index contributed by atoms with van der Waals surface area (Å²) in [5.41, 5.74) is 2.56. The lowest BCUT2D eigenvalue weighted by molar-refractivity contribution is -0.126. The first-order valence-corrected chi connectivity index (χ1v) is 10.8. The van der Waals surface area contributed by atoms with Crippen molar-refractivity contribution in [3.8, 4) is 0 Å². The molecule has 2 heterocycles. The molecular weight excluding hydrogens is 356 g/mol. The molecule has 25 heavy (non-hydrogen) atoms. The molecule has 132 valence electrons. The molecule has 7 heteroatoms. The largest absolute Gasteiger partial charge is 0.332 e. The van der Waals surface area contributed by atoms with Gasteiger partial charge in [0, 0.05) is 18.3 Å². The van der Waals surface area contributed by atoms with Gasteiger partial charge in [0.2, 0.25) is 15.9 Å². The Labute approximate surface area is 152 Å². The fourth-order valence-electron chi connectivity index (χ4n) is 2.98. The summed E-state index contributed by atoms with van der Waals surface area (Å²) in [6, 6.07) is 9.16. The maximum Gasteiger partial charge on any atom is 0.247 e. The van der Waals surface area contributed by atoms with Crippen LogP contribution in [0.2, 0.25) is 0 Å². The molecule has 1 fully saturated rings. The first-order chi connectivity index (χ1) is 11.9. The number of hydrogen-bond acceptors (Lipinski definition) is 4. The second-order valence-electron chi connectivity index (χ2n) is 6.08. The monoisotopic (exact) mass is 376 g/mol. The van der Waals surface area contributed by atoms with Crippen molar-refractivity contribution in [2.24, 2.45) is 0 Å². The number of carbonyl (C=O) groups excluding carboxylic acids is 1. The van der Waals surface area contributed by atoms with Crippen LogP contribution in [0.5, 0.6) is 0 Å². The van der Waals surface area contributed by atoms with E-state index in [1.54, 1.807) is 47.8 Å². The first-order valence-electron chi connectivity index (χ1n) is 8.01. The number of benzene rings is 1. The van der Waals surface area contributed by atoms with Gasteiger partial charge in [0.05, 0.1) is 12.3 Å². The minimum atomic E-state index is -3.28. The third-order valence-electron chi connectivity index (χ3n) is 4.10. The number of sulfonamides is 1. The normalized spacial score (nSPS) is 18.0. The topological polar surface area (TPSA) is 66.5 Å². The van der Waals surface area contributed by atoms with Crippen molar-refractivity contribution in [2.45, 2.75) is 18.9 Å². The highest BCUT2D eigenvalue weighted by Gasteiger charge is 2.28. The predicted molar refractivity (Wildman–Crippen MR) is 102 cm³/mol. The minimum absolute atomic E-state index is 0.00652. The molecule has 1 unspecified atom stereocenters. The number of nitrogens with zero attached hydrogens (tertiary/aromatic N) is 1. The molecule has 1 aromatic heterocycles. The van der Waals surface area contributed by atoms with Gasteiger partial charge in [-0.15, -0.1) is 0 Å². The Balaban J connectivity index is 1.66. The molecule has 0 aliphatic carbocycles. The number of rotatable bonds is 5. The molecule has 1 atom stereocenters. The van der Waals surface area contributed by atoms with E-state index in [9.17, 15) is 13.2 Å². The van der Waals surface area contributed by atoms with Crippen LogP contribution in [0.1, 0.15) is 30.0 Å². The van der Waals surface area contributed by atoms with Crippen LogP contribution in [0.3, 0.4) is 0 Å². The molecule has 0 spiro atoms. The third kappa shape index (κ3) is 4.70. The summed E-state index contributed by atoms with van der Waals surface area (Å²) in [5.74, 6) is 0.00652. The van der Waals surface area contributed by atoms with Crippen molar-refractivity contribution in [1.82, 2.24) is 4.90 Å². The van der Waals surface area contributed by atoms with Crippen LogP contribution < -0.4 is 4.72 Å². The van der Waals surface area contributed by atoms with E-state index in [-0.39, 0.29) is 11.9 Å². The zero-order valence-electron chi connectivity index (χ0n) is 13.9. The van der Waals surface area contributed by atoms with Gasteiger partial charge in [-0.2, -0.15) is 11.3 Å². The second-order valence-corrected chi connectivity index (χ2v) is 8.60. The number of amides is 1. The Morgan fingerprint density at radius 1 is 1.28 bits per heavy atom. The van der Waals surface area contributed by atoms with Crippen LogP contribution >= 0.6 is 11.3 Å². The van der Waals surface area contributed by atoms with Crippen LogP contribution in [-0.4, -0.2) is 32.0 Å². The van der Waals surface area contributed by atoms with Crippen LogP contribution in [0.4, 0.5) is 5.69 Å². The Morgan fingerprint density at radius 2 is 2.04 bits per heavy atom. The molecule has 5 nitrogen and oxygen atoms in total.